The molecule has 0 fully saturated rings. The van der Waals surface area contributed by atoms with Gasteiger partial charge in [-0.25, -0.2) is 10.2 Å². The Morgan fingerprint density at radius 1 is 1.26 bits per heavy atom. The third-order valence-corrected chi connectivity index (χ3v) is 3.15. The molecule has 0 heterocycles. The Kier molecular flexibility index (Phi) is 5.32. The normalized spacial score (nSPS) is 10.5. The summed E-state index contributed by atoms with van der Waals surface area (Å²) >= 11 is 5.87. The Hall–Kier alpha value is -2.86. The number of hydrogen-bond acceptors (Lipinski definition) is 4. The van der Waals surface area contributed by atoms with Crippen LogP contribution < -0.4 is 10.2 Å². The molecule has 0 unspecified atom stereocenters. The maximum Gasteiger partial charge on any atom is 0.335 e. The van der Waals surface area contributed by atoms with Crippen LogP contribution in [-0.4, -0.2) is 30.3 Å². The lowest BCUT2D eigenvalue weighted by atomic mass is 10.1. The van der Waals surface area contributed by atoms with Gasteiger partial charge in [0.15, 0.2) is 0 Å². The van der Waals surface area contributed by atoms with E-state index in [0.29, 0.717) is 16.3 Å². The number of nitrogens with zero attached hydrogens (tertiary/aromatic N) is 1. The van der Waals surface area contributed by atoms with E-state index in [1.54, 1.807) is 24.3 Å². The molecular formula is C16H13ClN2O4. The summed E-state index contributed by atoms with van der Waals surface area (Å²) < 4.78 is 5.09. The predicted octanol–water partition coefficient (Wildman–Crippen LogP) is 2.81. The fourth-order valence-electron chi connectivity index (χ4n) is 1.84. The van der Waals surface area contributed by atoms with Crippen molar-refractivity contribution in [2.24, 2.45) is 5.10 Å². The summed E-state index contributed by atoms with van der Waals surface area (Å²) in [5.74, 6) is -1.15. The summed E-state index contributed by atoms with van der Waals surface area (Å²) in [6, 6.07) is 10.8. The average molecular weight is 333 g/mol. The van der Waals surface area contributed by atoms with Crippen LogP contribution in [0, 0.1) is 0 Å². The van der Waals surface area contributed by atoms with Gasteiger partial charge in [0.05, 0.1) is 24.5 Å². The Balaban J connectivity index is 2.11. The van der Waals surface area contributed by atoms with E-state index >= 15 is 0 Å². The molecule has 7 heteroatoms. The van der Waals surface area contributed by atoms with Gasteiger partial charge in [-0.15, -0.1) is 0 Å². The largest absolute Gasteiger partial charge is 0.496 e. The van der Waals surface area contributed by atoms with Gasteiger partial charge < -0.3 is 9.84 Å². The number of methoxy groups -OCH3 is 1. The number of carboxylic acids is 1. The fraction of sp³-hybridized carbons (Fsp3) is 0.0625. The van der Waals surface area contributed by atoms with Crippen molar-refractivity contribution in [3.63, 3.8) is 0 Å². The van der Waals surface area contributed by atoms with Crippen LogP contribution >= 0.6 is 11.6 Å². The van der Waals surface area contributed by atoms with E-state index in [9.17, 15) is 9.59 Å². The number of carboxylic acid groups (broad SMARTS) is 1. The third-order valence-electron chi connectivity index (χ3n) is 2.92. The van der Waals surface area contributed by atoms with Crippen LogP contribution in [0.3, 0.4) is 0 Å². The summed E-state index contributed by atoms with van der Waals surface area (Å²) in [7, 11) is 1.45. The SMILES string of the molecule is COc1ccc(Cl)cc1C(=O)N/N=C/c1cccc(C(=O)O)c1. The number of aromatic carboxylic acids is 1. The fourth-order valence-corrected chi connectivity index (χ4v) is 2.01. The molecule has 2 N–H and O–H groups in total. The molecule has 0 aliphatic heterocycles. The molecule has 0 saturated carbocycles. The summed E-state index contributed by atoms with van der Waals surface area (Å²) in [4.78, 5) is 23.0. The summed E-state index contributed by atoms with van der Waals surface area (Å²) in [5, 5.41) is 13.1. The molecule has 2 aromatic carbocycles. The first-order valence-electron chi connectivity index (χ1n) is 6.51. The van der Waals surface area contributed by atoms with Crippen molar-refractivity contribution in [1.82, 2.24) is 5.43 Å². The highest BCUT2D eigenvalue weighted by Crippen LogP contribution is 2.22. The number of nitrogens with one attached hydrogen (secondary N) is 1. The van der Waals surface area contributed by atoms with Crippen molar-refractivity contribution in [3.8, 4) is 5.75 Å². The number of hydrogen-bond donors (Lipinski definition) is 2. The average Bonchev–Trinajstić information content (AvgIpc) is 2.55. The minimum absolute atomic E-state index is 0.136. The van der Waals surface area contributed by atoms with E-state index in [0.717, 1.165) is 0 Å². The van der Waals surface area contributed by atoms with Crippen LogP contribution in [0.2, 0.25) is 5.02 Å². The number of benzene rings is 2. The number of hydrazone groups is 1. The number of carbonyl (C=O) groups excluding carboxylic acids is 1. The lowest BCUT2D eigenvalue weighted by molar-refractivity contribution is 0.0696. The molecule has 118 valence electrons. The lowest BCUT2D eigenvalue weighted by Crippen LogP contribution is -2.18. The number of carbonyl (C=O) groups is 2. The van der Waals surface area contributed by atoms with Gasteiger partial charge in [0.1, 0.15) is 5.75 Å². The van der Waals surface area contributed by atoms with E-state index in [4.69, 9.17) is 21.4 Å². The maximum atomic E-state index is 12.1. The van der Waals surface area contributed by atoms with Gasteiger partial charge in [-0.05, 0) is 35.9 Å². The molecule has 0 aliphatic carbocycles. The molecule has 6 nitrogen and oxygen atoms in total. The second-order valence-electron chi connectivity index (χ2n) is 4.47. The van der Waals surface area contributed by atoms with E-state index in [1.165, 1.54) is 31.5 Å². The van der Waals surface area contributed by atoms with Crippen LogP contribution in [0.1, 0.15) is 26.3 Å². The zero-order valence-electron chi connectivity index (χ0n) is 12.1. The van der Waals surface area contributed by atoms with Gasteiger partial charge >= 0.3 is 5.97 Å². The number of rotatable bonds is 5. The highest BCUT2D eigenvalue weighted by Gasteiger charge is 2.12. The molecule has 2 rings (SSSR count). The molecule has 0 saturated heterocycles. The highest BCUT2D eigenvalue weighted by molar-refractivity contribution is 6.31. The number of halogens is 1. The topological polar surface area (TPSA) is 88.0 Å². The lowest BCUT2D eigenvalue weighted by Gasteiger charge is -2.07. The molecule has 1 amide bonds. The quantitative estimate of drug-likeness (QED) is 0.651. The second kappa shape index (κ2) is 7.42. The second-order valence-corrected chi connectivity index (χ2v) is 4.91. The third kappa shape index (κ3) is 4.31. The van der Waals surface area contributed by atoms with E-state index in [1.807, 2.05) is 0 Å². The standard InChI is InChI=1S/C16H13ClN2O4/c1-23-14-6-5-12(17)8-13(14)15(20)19-18-9-10-3-2-4-11(7-10)16(21)22/h2-9H,1H3,(H,19,20)(H,21,22)/b18-9+. The van der Waals surface area contributed by atoms with Gasteiger partial charge in [0.25, 0.3) is 5.91 Å². The first kappa shape index (κ1) is 16.5. The monoisotopic (exact) mass is 332 g/mol. The van der Waals surface area contributed by atoms with Crippen LogP contribution in [-0.2, 0) is 0 Å². The van der Waals surface area contributed by atoms with Crippen molar-refractivity contribution in [3.05, 3.63) is 64.2 Å². The van der Waals surface area contributed by atoms with Crippen LogP contribution in [0.25, 0.3) is 0 Å². The zero-order valence-corrected chi connectivity index (χ0v) is 12.9. The van der Waals surface area contributed by atoms with Gasteiger partial charge in [-0.1, -0.05) is 23.7 Å². The van der Waals surface area contributed by atoms with Crippen LogP contribution in [0.5, 0.6) is 5.75 Å². The summed E-state index contributed by atoms with van der Waals surface area (Å²) in [6.07, 6.45) is 1.35. The smallest absolute Gasteiger partial charge is 0.335 e. The highest BCUT2D eigenvalue weighted by atomic mass is 35.5. The van der Waals surface area contributed by atoms with Gasteiger partial charge in [-0.2, -0.15) is 5.10 Å². The Labute approximate surface area is 137 Å². The van der Waals surface area contributed by atoms with Gasteiger partial charge in [0.2, 0.25) is 0 Å². The van der Waals surface area contributed by atoms with Crippen molar-refractivity contribution < 1.29 is 19.4 Å². The van der Waals surface area contributed by atoms with E-state index < -0.39 is 11.9 Å². The summed E-state index contributed by atoms with van der Waals surface area (Å²) in [5.41, 5.74) is 3.27. The zero-order chi connectivity index (χ0) is 16.8. The van der Waals surface area contributed by atoms with Crippen molar-refractivity contribution in [1.29, 1.82) is 0 Å². The van der Waals surface area contributed by atoms with Gasteiger partial charge in [-0.3, -0.25) is 4.79 Å². The molecule has 2 aromatic rings. The Bertz CT molecular complexity index is 774. The minimum Gasteiger partial charge on any atom is -0.496 e. The Morgan fingerprint density at radius 2 is 2.04 bits per heavy atom. The molecule has 0 aromatic heterocycles. The molecule has 0 spiro atoms. The van der Waals surface area contributed by atoms with E-state index in [2.05, 4.69) is 10.5 Å². The molecular weight excluding hydrogens is 320 g/mol. The van der Waals surface area contributed by atoms with Crippen molar-refractivity contribution >= 4 is 29.7 Å². The first-order chi connectivity index (χ1) is 11.0. The summed E-state index contributed by atoms with van der Waals surface area (Å²) in [6.45, 7) is 0. The molecule has 0 bridgehead atoms. The predicted molar refractivity (Wildman–Crippen MR) is 86.5 cm³/mol. The molecule has 0 atom stereocenters. The molecule has 0 radical (unpaired) electrons. The van der Waals surface area contributed by atoms with Gasteiger partial charge in [0, 0.05) is 5.02 Å². The van der Waals surface area contributed by atoms with Crippen LogP contribution in [0.15, 0.2) is 47.6 Å². The first-order valence-corrected chi connectivity index (χ1v) is 6.89. The van der Waals surface area contributed by atoms with Crippen molar-refractivity contribution in [2.45, 2.75) is 0 Å². The van der Waals surface area contributed by atoms with Crippen LogP contribution in [0.4, 0.5) is 0 Å². The number of ether oxygens (including phenoxy) is 1. The molecule has 23 heavy (non-hydrogen) atoms. The van der Waals surface area contributed by atoms with E-state index in [-0.39, 0.29) is 11.1 Å². The van der Waals surface area contributed by atoms with Crippen molar-refractivity contribution in [2.75, 3.05) is 7.11 Å². The molecule has 0 aliphatic rings. The Morgan fingerprint density at radius 3 is 2.74 bits per heavy atom. The maximum absolute atomic E-state index is 12.1. The number of amides is 1. The minimum atomic E-state index is -1.03.